The summed E-state index contributed by atoms with van der Waals surface area (Å²) in [5.74, 6) is 1.13. The van der Waals surface area contributed by atoms with E-state index < -0.39 is 0 Å². The van der Waals surface area contributed by atoms with Crippen molar-refractivity contribution in [2.24, 2.45) is 0 Å². The number of ether oxygens (including phenoxy) is 1. The largest absolute Gasteiger partial charge is 0.665 e. The summed E-state index contributed by atoms with van der Waals surface area (Å²) in [5, 5.41) is 10.2. The normalized spacial score (nSPS) is 12.8. The SMILES string of the molecule is [Pt].[c-]1c(Oc2cccc(-c3cccc4c3[N-]c3ccccc3CC4)n2)cccc1-c1cccc2c1[N-]c1ccccc1CC2. The summed E-state index contributed by atoms with van der Waals surface area (Å²) in [6.45, 7) is 0. The van der Waals surface area contributed by atoms with Crippen LogP contribution < -0.4 is 4.74 Å². The predicted molar refractivity (Wildman–Crippen MR) is 174 cm³/mol. The molecule has 4 nitrogen and oxygen atoms in total. The van der Waals surface area contributed by atoms with Crippen molar-refractivity contribution in [3.05, 3.63) is 160 Å². The Labute approximate surface area is 272 Å². The summed E-state index contributed by atoms with van der Waals surface area (Å²) >= 11 is 0. The van der Waals surface area contributed by atoms with Crippen molar-refractivity contribution < 1.29 is 25.8 Å². The number of aromatic nitrogens is 1. The van der Waals surface area contributed by atoms with Gasteiger partial charge >= 0.3 is 0 Å². The first kappa shape index (κ1) is 28.1. The molecule has 5 heteroatoms. The number of hydrogen-bond donors (Lipinski definition) is 0. The van der Waals surface area contributed by atoms with E-state index >= 15 is 0 Å². The molecule has 0 spiro atoms. The smallest absolute Gasteiger partial charge is 0.217 e. The summed E-state index contributed by atoms with van der Waals surface area (Å²) in [6.07, 6.45) is 3.86. The van der Waals surface area contributed by atoms with Crippen LogP contribution in [0.2, 0.25) is 0 Å². The zero-order valence-corrected chi connectivity index (χ0v) is 26.2. The molecule has 0 saturated heterocycles. The minimum atomic E-state index is 0. The van der Waals surface area contributed by atoms with Crippen molar-refractivity contribution in [3.8, 4) is 34.0 Å². The molecule has 2 aliphatic heterocycles. The van der Waals surface area contributed by atoms with Gasteiger partial charge in [-0.25, -0.2) is 4.98 Å². The average Bonchev–Trinajstić information content (AvgIpc) is 3.37. The van der Waals surface area contributed by atoms with Gasteiger partial charge in [-0.3, -0.25) is 0 Å². The molecular formula is C39H28N3OPt-3. The third-order valence-corrected chi connectivity index (χ3v) is 8.29. The van der Waals surface area contributed by atoms with Gasteiger partial charge in [-0.05, 0) is 37.3 Å². The third-order valence-electron chi connectivity index (χ3n) is 8.29. The fourth-order valence-electron chi connectivity index (χ4n) is 6.12. The van der Waals surface area contributed by atoms with Crippen LogP contribution in [0.5, 0.6) is 11.6 Å². The topological polar surface area (TPSA) is 50.3 Å². The Morgan fingerprint density at radius 1 is 0.523 bits per heavy atom. The Bertz CT molecular complexity index is 1840. The molecular weight excluding hydrogens is 722 g/mol. The molecule has 218 valence electrons. The number of nitrogens with zero attached hydrogens (tertiary/aromatic N) is 3. The van der Waals surface area contributed by atoms with Crippen LogP contribution in [0.4, 0.5) is 22.7 Å². The maximum Gasteiger partial charge on any atom is 0.217 e. The summed E-state index contributed by atoms with van der Waals surface area (Å²) in [6, 6.07) is 45.0. The van der Waals surface area contributed by atoms with E-state index in [9.17, 15) is 0 Å². The molecule has 0 atom stereocenters. The van der Waals surface area contributed by atoms with Gasteiger partial charge in [0, 0.05) is 32.9 Å². The van der Waals surface area contributed by atoms with Crippen LogP contribution in [0.1, 0.15) is 22.3 Å². The molecule has 0 radical (unpaired) electrons. The van der Waals surface area contributed by atoms with Gasteiger partial charge in [-0.2, -0.15) is 5.69 Å². The van der Waals surface area contributed by atoms with Crippen LogP contribution in [0.3, 0.4) is 0 Å². The van der Waals surface area contributed by atoms with Crippen molar-refractivity contribution in [1.82, 2.24) is 4.98 Å². The van der Waals surface area contributed by atoms with Crippen LogP contribution in [-0.2, 0) is 46.7 Å². The summed E-state index contributed by atoms with van der Waals surface area (Å²) in [4.78, 5) is 4.92. The number of rotatable bonds is 4. The molecule has 0 saturated carbocycles. The molecule has 6 aromatic rings. The second-order valence-corrected chi connectivity index (χ2v) is 11.0. The molecule has 2 aliphatic rings. The molecule has 0 bridgehead atoms. The first-order valence-electron chi connectivity index (χ1n) is 14.8. The molecule has 0 fully saturated rings. The molecule has 0 unspecified atom stereocenters. The molecule has 0 aliphatic carbocycles. The molecule has 3 heterocycles. The molecule has 0 amide bonds. The second kappa shape index (κ2) is 12.1. The number of aryl methyl sites for hydroxylation is 4. The van der Waals surface area contributed by atoms with E-state index in [1.807, 2.05) is 36.4 Å². The van der Waals surface area contributed by atoms with E-state index in [-0.39, 0.29) is 21.1 Å². The van der Waals surface area contributed by atoms with Gasteiger partial charge in [0.2, 0.25) is 5.88 Å². The molecule has 1 aromatic heterocycles. The standard InChI is InChI=1S/C39H28N3O.Pt/c1-3-17-34-26(9-1)21-23-28-11-6-15-32(38(28)41-34)30-13-5-14-31(25-30)43-37-20-8-19-36(40-37)33-16-7-12-29-24-22-27-10-2-4-18-35(27)42-39(29)33;/h1-20H,21-24H2;/q-3;. The quantitative estimate of drug-likeness (QED) is 0.169. The van der Waals surface area contributed by atoms with E-state index in [4.69, 9.17) is 20.4 Å². The van der Waals surface area contributed by atoms with Crippen LogP contribution in [0.15, 0.2) is 121 Å². The predicted octanol–water partition coefficient (Wildman–Crippen LogP) is 10.9. The van der Waals surface area contributed by atoms with Crippen molar-refractivity contribution in [3.63, 3.8) is 0 Å². The van der Waals surface area contributed by atoms with E-state index in [0.717, 1.165) is 70.8 Å². The van der Waals surface area contributed by atoms with Crippen molar-refractivity contribution in [1.29, 1.82) is 0 Å². The van der Waals surface area contributed by atoms with Crippen LogP contribution in [0.25, 0.3) is 33.0 Å². The van der Waals surface area contributed by atoms with Gasteiger partial charge in [0.1, 0.15) is 0 Å². The van der Waals surface area contributed by atoms with Crippen molar-refractivity contribution >= 4 is 22.7 Å². The van der Waals surface area contributed by atoms with Gasteiger partial charge in [0.25, 0.3) is 0 Å². The zero-order valence-electron chi connectivity index (χ0n) is 23.9. The summed E-state index contributed by atoms with van der Waals surface area (Å²) in [7, 11) is 0. The monoisotopic (exact) mass is 749 g/mol. The minimum absolute atomic E-state index is 0. The van der Waals surface area contributed by atoms with E-state index in [1.165, 1.54) is 22.3 Å². The van der Waals surface area contributed by atoms with Crippen LogP contribution in [0, 0.1) is 6.07 Å². The summed E-state index contributed by atoms with van der Waals surface area (Å²) < 4.78 is 6.32. The molecule has 44 heavy (non-hydrogen) atoms. The first-order chi connectivity index (χ1) is 21.3. The maximum absolute atomic E-state index is 6.32. The van der Waals surface area contributed by atoms with Gasteiger partial charge in [0.05, 0.1) is 5.69 Å². The second-order valence-electron chi connectivity index (χ2n) is 11.0. The van der Waals surface area contributed by atoms with E-state index in [0.29, 0.717) is 11.6 Å². The van der Waals surface area contributed by atoms with E-state index in [2.05, 4.69) is 91.0 Å². The molecule has 0 N–H and O–H groups in total. The van der Waals surface area contributed by atoms with Crippen molar-refractivity contribution in [2.45, 2.75) is 25.7 Å². The average molecular weight is 750 g/mol. The maximum atomic E-state index is 6.32. The van der Waals surface area contributed by atoms with Crippen molar-refractivity contribution in [2.75, 3.05) is 0 Å². The third kappa shape index (κ3) is 5.42. The van der Waals surface area contributed by atoms with Crippen LogP contribution >= 0.6 is 0 Å². The van der Waals surface area contributed by atoms with Gasteiger partial charge in [-0.1, -0.05) is 119 Å². The Hall–Kier alpha value is -4.66. The Morgan fingerprint density at radius 3 is 1.77 bits per heavy atom. The fraction of sp³-hybridized carbons (Fsp3) is 0.103. The minimum Gasteiger partial charge on any atom is -0.665 e. The number of pyridine rings is 1. The number of fused-ring (bicyclic) bond motifs is 4. The zero-order chi connectivity index (χ0) is 28.6. The van der Waals surface area contributed by atoms with Gasteiger partial charge in [0.15, 0.2) is 0 Å². The molecule has 8 rings (SSSR count). The Morgan fingerprint density at radius 2 is 1.07 bits per heavy atom. The molecule has 5 aromatic carbocycles. The number of hydrogen-bond acceptors (Lipinski definition) is 2. The Kier molecular flexibility index (Phi) is 7.76. The van der Waals surface area contributed by atoms with Gasteiger partial charge in [-0.15, -0.1) is 46.4 Å². The number of benzene rings is 5. The Balaban J connectivity index is 0.00000312. The van der Waals surface area contributed by atoms with Gasteiger partial charge < -0.3 is 15.4 Å². The first-order valence-corrected chi connectivity index (χ1v) is 14.8. The number of para-hydroxylation sites is 4. The summed E-state index contributed by atoms with van der Waals surface area (Å²) in [5.41, 5.74) is 12.9. The fourth-order valence-corrected chi connectivity index (χ4v) is 6.12. The van der Waals surface area contributed by atoms with Crippen LogP contribution in [-0.4, -0.2) is 4.98 Å². The van der Waals surface area contributed by atoms with E-state index in [1.54, 1.807) is 0 Å².